The van der Waals surface area contributed by atoms with Gasteiger partial charge in [-0.05, 0) is 66.9 Å². The van der Waals surface area contributed by atoms with Gasteiger partial charge in [0.2, 0.25) is 0 Å². The van der Waals surface area contributed by atoms with Gasteiger partial charge in [-0.3, -0.25) is 9.59 Å². The van der Waals surface area contributed by atoms with Gasteiger partial charge in [-0.15, -0.1) is 0 Å². The molecule has 0 atom stereocenters. The van der Waals surface area contributed by atoms with Crippen LogP contribution in [0, 0.1) is 13.8 Å². The number of anilines is 1. The summed E-state index contributed by atoms with van der Waals surface area (Å²) in [5, 5.41) is 2.63. The van der Waals surface area contributed by atoms with E-state index in [0.717, 1.165) is 5.56 Å². The van der Waals surface area contributed by atoms with Crippen LogP contribution in [0.3, 0.4) is 0 Å². The molecule has 0 fully saturated rings. The summed E-state index contributed by atoms with van der Waals surface area (Å²) in [6.07, 6.45) is 1.81. The number of hydrogen-bond donors (Lipinski definition) is 1. The highest BCUT2D eigenvalue weighted by Crippen LogP contribution is 2.16. The van der Waals surface area contributed by atoms with E-state index in [2.05, 4.69) is 31.3 Å². The van der Waals surface area contributed by atoms with Crippen LogP contribution in [-0.4, -0.2) is 23.4 Å². The molecule has 0 aliphatic rings. The predicted molar refractivity (Wildman–Crippen MR) is 105 cm³/mol. The van der Waals surface area contributed by atoms with Crippen molar-refractivity contribution >= 4 is 17.4 Å². The third kappa shape index (κ3) is 4.26. The monoisotopic (exact) mass is 362 g/mol. The van der Waals surface area contributed by atoms with Crippen LogP contribution < -0.4 is 10.1 Å². The lowest BCUT2D eigenvalue weighted by atomic mass is 10.1. The molecule has 1 amide bonds. The lowest BCUT2D eigenvalue weighted by molar-refractivity contribution is -0.112. The summed E-state index contributed by atoms with van der Waals surface area (Å²) in [6.45, 7) is 4.65. The number of benzene rings is 2. The number of amides is 1. The van der Waals surface area contributed by atoms with Gasteiger partial charge < -0.3 is 14.6 Å². The highest BCUT2D eigenvalue weighted by atomic mass is 16.5. The number of nitrogens with one attached hydrogen (secondary N) is 1. The number of rotatable bonds is 6. The van der Waals surface area contributed by atoms with Crippen LogP contribution in [0.4, 0.5) is 5.69 Å². The van der Waals surface area contributed by atoms with Crippen LogP contribution in [0.5, 0.6) is 5.75 Å². The standard InChI is InChI=1S/C22H22N2O3/c1-15-6-7-17(13-16(15)2)14-24-12-4-5-20(24)21(25)22(26)23-18-8-10-19(27-3)11-9-18/h4-13H,14H2,1-3H3,(H,23,26). The maximum atomic E-state index is 12.6. The molecule has 0 bridgehead atoms. The topological polar surface area (TPSA) is 60.3 Å². The fraction of sp³-hybridized carbons (Fsp3) is 0.182. The van der Waals surface area contributed by atoms with E-state index in [1.165, 1.54) is 11.1 Å². The van der Waals surface area contributed by atoms with Crippen LogP contribution in [-0.2, 0) is 11.3 Å². The summed E-state index contributed by atoms with van der Waals surface area (Å²) in [4.78, 5) is 25.0. The average molecular weight is 362 g/mol. The van der Waals surface area contributed by atoms with Crippen molar-refractivity contribution in [2.45, 2.75) is 20.4 Å². The molecule has 2 aromatic carbocycles. The Morgan fingerprint density at radius 1 is 1.00 bits per heavy atom. The predicted octanol–water partition coefficient (Wildman–Crippen LogP) is 3.98. The number of methoxy groups -OCH3 is 1. The van der Waals surface area contributed by atoms with E-state index in [0.29, 0.717) is 23.7 Å². The zero-order valence-electron chi connectivity index (χ0n) is 15.7. The van der Waals surface area contributed by atoms with Crippen molar-refractivity contribution in [3.63, 3.8) is 0 Å². The molecule has 0 unspecified atom stereocenters. The molecule has 138 valence electrons. The summed E-state index contributed by atoms with van der Waals surface area (Å²) in [6, 6.07) is 16.5. The number of aromatic nitrogens is 1. The minimum atomic E-state index is -0.666. The Bertz CT molecular complexity index is 971. The van der Waals surface area contributed by atoms with Gasteiger partial charge in [-0.25, -0.2) is 0 Å². The molecular formula is C22H22N2O3. The molecule has 3 aromatic rings. The number of nitrogens with zero attached hydrogens (tertiary/aromatic N) is 1. The molecule has 1 N–H and O–H groups in total. The Balaban J connectivity index is 1.74. The van der Waals surface area contributed by atoms with Gasteiger partial charge in [0.25, 0.3) is 11.7 Å². The van der Waals surface area contributed by atoms with Gasteiger partial charge in [0.1, 0.15) is 5.75 Å². The normalized spacial score (nSPS) is 10.5. The van der Waals surface area contributed by atoms with Crippen molar-refractivity contribution in [2.24, 2.45) is 0 Å². The van der Waals surface area contributed by atoms with Crippen molar-refractivity contribution in [2.75, 3.05) is 12.4 Å². The third-order valence-electron chi connectivity index (χ3n) is 4.54. The van der Waals surface area contributed by atoms with E-state index < -0.39 is 11.7 Å². The Labute approximate surface area is 158 Å². The van der Waals surface area contributed by atoms with Crippen LogP contribution in [0.1, 0.15) is 27.2 Å². The number of hydrogen-bond acceptors (Lipinski definition) is 3. The first-order valence-corrected chi connectivity index (χ1v) is 8.69. The van der Waals surface area contributed by atoms with Gasteiger partial charge in [0, 0.05) is 18.4 Å². The Morgan fingerprint density at radius 2 is 1.74 bits per heavy atom. The zero-order chi connectivity index (χ0) is 19.4. The Morgan fingerprint density at radius 3 is 2.41 bits per heavy atom. The number of carbonyl (C=O) groups excluding carboxylic acids is 2. The summed E-state index contributed by atoms with van der Waals surface area (Å²) in [5.74, 6) is -0.554. The second-order valence-electron chi connectivity index (χ2n) is 6.45. The third-order valence-corrected chi connectivity index (χ3v) is 4.54. The molecule has 5 nitrogen and oxygen atoms in total. The van der Waals surface area contributed by atoms with E-state index in [-0.39, 0.29) is 0 Å². The molecule has 0 radical (unpaired) electrons. The number of ketones is 1. The van der Waals surface area contributed by atoms with Crippen molar-refractivity contribution in [1.82, 2.24) is 4.57 Å². The van der Waals surface area contributed by atoms with Crippen LogP contribution in [0.2, 0.25) is 0 Å². The van der Waals surface area contributed by atoms with E-state index >= 15 is 0 Å². The first-order valence-electron chi connectivity index (χ1n) is 8.69. The van der Waals surface area contributed by atoms with Crippen LogP contribution >= 0.6 is 0 Å². The van der Waals surface area contributed by atoms with E-state index in [4.69, 9.17) is 4.74 Å². The van der Waals surface area contributed by atoms with Crippen molar-refractivity contribution in [3.8, 4) is 5.75 Å². The molecule has 1 heterocycles. The van der Waals surface area contributed by atoms with Gasteiger partial charge in [-0.2, -0.15) is 0 Å². The summed E-state index contributed by atoms with van der Waals surface area (Å²) in [5.41, 5.74) is 4.41. The number of Topliss-reactive ketones (excluding diaryl/α,β-unsaturated/α-hetero) is 1. The molecule has 0 aliphatic heterocycles. The molecule has 27 heavy (non-hydrogen) atoms. The lowest BCUT2D eigenvalue weighted by Gasteiger charge is -2.11. The van der Waals surface area contributed by atoms with Crippen LogP contribution in [0.15, 0.2) is 60.8 Å². The van der Waals surface area contributed by atoms with E-state index in [1.807, 2.05) is 12.3 Å². The fourth-order valence-corrected chi connectivity index (χ4v) is 2.84. The molecule has 5 heteroatoms. The van der Waals surface area contributed by atoms with Crippen molar-refractivity contribution in [3.05, 3.63) is 83.2 Å². The minimum Gasteiger partial charge on any atom is -0.497 e. The minimum absolute atomic E-state index is 0.360. The summed E-state index contributed by atoms with van der Waals surface area (Å²) >= 11 is 0. The van der Waals surface area contributed by atoms with E-state index in [9.17, 15) is 9.59 Å². The molecule has 0 spiro atoms. The number of aryl methyl sites for hydroxylation is 2. The Hall–Kier alpha value is -3.34. The molecule has 3 rings (SSSR count). The smallest absolute Gasteiger partial charge is 0.298 e. The number of carbonyl (C=O) groups is 2. The second-order valence-corrected chi connectivity index (χ2v) is 6.45. The highest BCUT2D eigenvalue weighted by molar-refractivity contribution is 6.46. The molecule has 0 saturated heterocycles. The fourth-order valence-electron chi connectivity index (χ4n) is 2.84. The largest absolute Gasteiger partial charge is 0.497 e. The molecule has 1 aromatic heterocycles. The first-order chi connectivity index (χ1) is 13.0. The van der Waals surface area contributed by atoms with Crippen LogP contribution in [0.25, 0.3) is 0 Å². The first kappa shape index (κ1) is 18.5. The molecule has 0 saturated carbocycles. The summed E-state index contributed by atoms with van der Waals surface area (Å²) in [7, 11) is 1.57. The second kappa shape index (κ2) is 7.91. The number of ether oxygens (including phenoxy) is 1. The van der Waals surface area contributed by atoms with Gasteiger partial charge >= 0.3 is 0 Å². The molecule has 0 aliphatic carbocycles. The lowest BCUT2D eigenvalue weighted by Crippen LogP contribution is -2.25. The van der Waals surface area contributed by atoms with Crippen molar-refractivity contribution < 1.29 is 14.3 Å². The maximum Gasteiger partial charge on any atom is 0.298 e. The SMILES string of the molecule is COc1ccc(NC(=O)C(=O)c2cccn2Cc2ccc(C)c(C)c2)cc1. The highest BCUT2D eigenvalue weighted by Gasteiger charge is 2.20. The van der Waals surface area contributed by atoms with Gasteiger partial charge in [-0.1, -0.05) is 18.2 Å². The van der Waals surface area contributed by atoms with Gasteiger partial charge in [0.15, 0.2) is 0 Å². The van der Waals surface area contributed by atoms with Gasteiger partial charge in [0.05, 0.1) is 12.8 Å². The zero-order valence-corrected chi connectivity index (χ0v) is 15.7. The Kier molecular flexibility index (Phi) is 5.41. The average Bonchev–Trinajstić information content (AvgIpc) is 3.12. The maximum absolute atomic E-state index is 12.6. The molecular weight excluding hydrogens is 340 g/mol. The quantitative estimate of drug-likeness (QED) is 0.533. The van der Waals surface area contributed by atoms with E-state index in [1.54, 1.807) is 48.1 Å². The summed E-state index contributed by atoms with van der Waals surface area (Å²) < 4.78 is 6.88. The van der Waals surface area contributed by atoms with Crippen molar-refractivity contribution in [1.29, 1.82) is 0 Å².